The van der Waals surface area contributed by atoms with E-state index in [1.807, 2.05) is 0 Å². The highest BCUT2D eigenvalue weighted by Crippen LogP contribution is 2.57. The van der Waals surface area contributed by atoms with Gasteiger partial charge in [-0.2, -0.15) is 0 Å². The summed E-state index contributed by atoms with van der Waals surface area (Å²) >= 11 is 3.68. The van der Waals surface area contributed by atoms with Gasteiger partial charge in [0.25, 0.3) is 0 Å². The quantitative estimate of drug-likeness (QED) is 0.899. The second-order valence-electron chi connectivity index (χ2n) is 5.62. The Morgan fingerprint density at radius 3 is 2.83 bits per heavy atom. The van der Waals surface area contributed by atoms with E-state index in [-0.39, 0.29) is 5.41 Å². The van der Waals surface area contributed by atoms with Crippen LogP contribution in [0.5, 0.6) is 0 Å². The van der Waals surface area contributed by atoms with E-state index in [1.54, 1.807) is 0 Å². The van der Waals surface area contributed by atoms with E-state index in [2.05, 4.69) is 34.1 Å². The zero-order valence-corrected chi connectivity index (χ0v) is 11.9. The normalized spacial score (nSPS) is 24.4. The molecule has 0 radical (unpaired) electrons. The van der Waals surface area contributed by atoms with Gasteiger partial charge in [-0.3, -0.25) is 4.79 Å². The molecule has 0 heterocycles. The third kappa shape index (κ3) is 1.71. The van der Waals surface area contributed by atoms with Crippen LogP contribution in [-0.2, 0) is 16.6 Å². The van der Waals surface area contributed by atoms with E-state index < -0.39 is 5.97 Å². The predicted molar refractivity (Wildman–Crippen MR) is 73.7 cm³/mol. The molecule has 3 rings (SSSR count). The third-order valence-corrected chi connectivity index (χ3v) is 5.47. The maximum atomic E-state index is 11.1. The molecule has 96 valence electrons. The standard InChI is InChI=1S/C15H17BrO2/c16-12-4-1-3-10-5-6-11(9-13(17)18)15(14(10)12)7-2-8-15/h1,3-4,11H,2,5-9H2,(H,17,18). The second-order valence-corrected chi connectivity index (χ2v) is 6.47. The van der Waals surface area contributed by atoms with Crippen molar-refractivity contribution < 1.29 is 9.90 Å². The van der Waals surface area contributed by atoms with Gasteiger partial charge in [-0.15, -0.1) is 0 Å². The molecule has 1 N–H and O–H groups in total. The van der Waals surface area contributed by atoms with Crippen LogP contribution < -0.4 is 0 Å². The maximum absolute atomic E-state index is 11.1. The molecule has 0 saturated heterocycles. The highest BCUT2D eigenvalue weighted by Gasteiger charge is 2.49. The number of halogens is 1. The molecule has 1 saturated carbocycles. The lowest BCUT2D eigenvalue weighted by Crippen LogP contribution is -2.46. The Morgan fingerprint density at radius 1 is 1.44 bits per heavy atom. The summed E-state index contributed by atoms with van der Waals surface area (Å²) in [6.45, 7) is 0. The number of aryl methyl sites for hydroxylation is 1. The van der Waals surface area contributed by atoms with Gasteiger partial charge in [0.05, 0.1) is 0 Å². The van der Waals surface area contributed by atoms with Gasteiger partial charge in [-0.05, 0) is 48.8 Å². The Bertz CT molecular complexity index is 491. The van der Waals surface area contributed by atoms with Gasteiger partial charge in [-0.1, -0.05) is 34.5 Å². The molecule has 18 heavy (non-hydrogen) atoms. The minimum Gasteiger partial charge on any atom is -0.481 e. The van der Waals surface area contributed by atoms with E-state index in [1.165, 1.54) is 22.0 Å². The van der Waals surface area contributed by atoms with Gasteiger partial charge in [0.1, 0.15) is 0 Å². The minimum absolute atomic E-state index is 0.145. The first-order chi connectivity index (χ1) is 8.63. The largest absolute Gasteiger partial charge is 0.481 e. The Balaban J connectivity index is 2.05. The summed E-state index contributed by atoms with van der Waals surface area (Å²) in [7, 11) is 0. The Morgan fingerprint density at radius 2 is 2.22 bits per heavy atom. The number of hydrogen-bond acceptors (Lipinski definition) is 1. The molecule has 0 amide bonds. The lowest BCUT2D eigenvalue weighted by atomic mass is 9.52. The Kier molecular flexibility index (Phi) is 2.97. The highest BCUT2D eigenvalue weighted by atomic mass is 79.9. The molecule has 2 nitrogen and oxygen atoms in total. The highest BCUT2D eigenvalue weighted by molar-refractivity contribution is 9.10. The van der Waals surface area contributed by atoms with Gasteiger partial charge >= 0.3 is 5.97 Å². The molecule has 1 aromatic carbocycles. The zero-order valence-electron chi connectivity index (χ0n) is 10.3. The van der Waals surface area contributed by atoms with Crippen LogP contribution in [0.3, 0.4) is 0 Å². The molecule has 2 aliphatic carbocycles. The smallest absolute Gasteiger partial charge is 0.303 e. The van der Waals surface area contributed by atoms with Crippen molar-refractivity contribution in [3.63, 3.8) is 0 Å². The summed E-state index contributed by atoms with van der Waals surface area (Å²) in [5.74, 6) is -0.336. The first kappa shape index (κ1) is 12.2. The van der Waals surface area contributed by atoms with Crippen molar-refractivity contribution in [2.45, 2.75) is 43.9 Å². The fourth-order valence-electron chi connectivity index (χ4n) is 3.87. The van der Waals surface area contributed by atoms with Crippen LogP contribution in [0.2, 0.25) is 0 Å². The number of benzene rings is 1. The fraction of sp³-hybridized carbons (Fsp3) is 0.533. The first-order valence-corrected chi connectivity index (χ1v) is 7.42. The zero-order chi connectivity index (χ0) is 12.8. The molecule has 0 aromatic heterocycles. The van der Waals surface area contributed by atoms with Crippen LogP contribution in [0.25, 0.3) is 0 Å². The summed E-state index contributed by atoms with van der Waals surface area (Å²) in [4.78, 5) is 11.1. The predicted octanol–water partition coefficient (Wildman–Crippen LogP) is 3.91. The van der Waals surface area contributed by atoms with Crippen molar-refractivity contribution in [1.82, 2.24) is 0 Å². The van der Waals surface area contributed by atoms with Gasteiger partial charge in [0.2, 0.25) is 0 Å². The van der Waals surface area contributed by atoms with E-state index in [0.29, 0.717) is 12.3 Å². The number of carboxylic acid groups (broad SMARTS) is 1. The average Bonchev–Trinajstić information content (AvgIpc) is 2.26. The lowest BCUT2D eigenvalue weighted by molar-refractivity contribution is -0.139. The van der Waals surface area contributed by atoms with Crippen molar-refractivity contribution >= 4 is 21.9 Å². The van der Waals surface area contributed by atoms with Crippen LogP contribution >= 0.6 is 15.9 Å². The molecule has 1 spiro atoms. The number of aliphatic carboxylic acids is 1. The van der Waals surface area contributed by atoms with Crippen LogP contribution in [0.4, 0.5) is 0 Å². The van der Waals surface area contributed by atoms with Crippen LogP contribution in [0.15, 0.2) is 22.7 Å². The minimum atomic E-state index is -0.651. The van der Waals surface area contributed by atoms with Crippen LogP contribution in [0, 0.1) is 5.92 Å². The van der Waals surface area contributed by atoms with Gasteiger partial charge < -0.3 is 5.11 Å². The van der Waals surface area contributed by atoms with Crippen molar-refractivity contribution in [3.8, 4) is 0 Å². The van der Waals surface area contributed by atoms with Crippen molar-refractivity contribution in [1.29, 1.82) is 0 Å². The average molecular weight is 309 g/mol. The van der Waals surface area contributed by atoms with Crippen molar-refractivity contribution in [3.05, 3.63) is 33.8 Å². The van der Waals surface area contributed by atoms with Gasteiger partial charge in [0.15, 0.2) is 0 Å². The summed E-state index contributed by atoms with van der Waals surface area (Å²) in [5.41, 5.74) is 2.98. The van der Waals surface area contributed by atoms with E-state index in [0.717, 1.165) is 25.7 Å². The molecule has 0 bridgehead atoms. The van der Waals surface area contributed by atoms with Gasteiger partial charge in [0, 0.05) is 16.3 Å². The fourth-order valence-corrected chi connectivity index (χ4v) is 4.67. The molecule has 3 heteroatoms. The molecule has 1 aromatic rings. The molecule has 1 fully saturated rings. The first-order valence-electron chi connectivity index (χ1n) is 6.63. The number of hydrogen-bond donors (Lipinski definition) is 1. The van der Waals surface area contributed by atoms with Crippen LogP contribution in [-0.4, -0.2) is 11.1 Å². The summed E-state index contributed by atoms with van der Waals surface area (Å²) < 4.78 is 1.18. The van der Waals surface area contributed by atoms with Crippen LogP contribution in [0.1, 0.15) is 43.2 Å². The Labute approximate surface area is 116 Å². The molecular formula is C15H17BrO2. The van der Waals surface area contributed by atoms with Crippen molar-refractivity contribution in [2.75, 3.05) is 0 Å². The molecule has 1 unspecified atom stereocenters. The second kappa shape index (κ2) is 4.37. The van der Waals surface area contributed by atoms with E-state index >= 15 is 0 Å². The lowest BCUT2D eigenvalue weighted by Gasteiger charge is -2.52. The topological polar surface area (TPSA) is 37.3 Å². The number of carboxylic acids is 1. The number of carbonyl (C=O) groups is 1. The van der Waals surface area contributed by atoms with E-state index in [9.17, 15) is 4.79 Å². The SMILES string of the molecule is O=C(O)CC1CCc2cccc(Br)c2C12CCC2. The number of fused-ring (bicyclic) bond motifs is 2. The molecular weight excluding hydrogens is 292 g/mol. The summed E-state index contributed by atoms with van der Waals surface area (Å²) in [6.07, 6.45) is 5.91. The summed E-state index contributed by atoms with van der Waals surface area (Å²) in [5, 5.41) is 9.12. The monoisotopic (exact) mass is 308 g/mol. The van der Waals surface area contributed by atoms with E-state index in [4.69, 9.17) is 5.11 Å². The number of rotatable bonds is 2. The van der Waals surface area contributed by atoms with Gasteiger partial charge in [-0.25, -0.2) is 0 Å². The molecule has 2 aliphatic rings. The maximum Gasteiger partial charge on any atom is 0.303 e. The molecule has 0 aliphatic heterocycles. The Hall–Kier alpha value is -0.830. The third-order valence-electron chi connectivity index (χ3n) is 4.81. The summed E-state index contributed by atoms with van der Waals surface area (Å²) in [6, 6.07) is 6.39. The molecule has 1 atom stereocenters. The van der Waals surface area contributed by atoms with Crippen molar-refractivity contribution in [2.24, 2.45) is 5.92 Å².